The molecule has 0 saturated heterocycles. The molecule has 5 rings (SSSR count). The highest BCUT2D eigenvalue weighted by Gasteiger charge is 2.61. The van der Waals surface area contributed by atoms with Gasteiger partial charge >= 0.3 is 5.97 Å². The molecule has 4 nitrogen and oxygen atoms in total. The zero-order chi connectivity index (χ0) is 16.8. The van der Waals surface area contributed by atoms with Crippen LogP contribution in [0, 0.1) is 23.2 Å². The monoisotopic (exact) mass is 333 g/mol. The van der Waals surface area contributed by atoms with Gasteiger partial charge in [-0.2, -0.15) is 0 Å². The van der Waals surface area contributed by atoms with Gasteiger partial charge in [-0.25, -0.2) is 0 Å². The summed E-state index contributed by atoms with van der Waals surface area (Å²) in [6.07, 6.45) is 12.4. The Morgan fingerprint density at radius 1 is 1.04 bits per heavy atom. The Labute approximate surface area is 145 Å². The first-order valence-electron chi connectivity index (χ1n) is 9.95. The van der Waals surface area contributed by atoms with Gasteiger partial charge in [0.2, 0.25) is 5.91 Å². The SMILES string of the molecule is CC(=O)NC12C[C@@H]3C[C@@H](C1)CC(C(=O)OCC1CCCCC1)(C3)C2. The summed E-state index contributed by atoms with van der Waals surface area (Å²) in [5.41, 5.74) is -0.457. The predicted octanol–water partition coefficient (Wildman–Crippen LogP) is 3.59. The first kappa shape index (κ1) is 16.4. The first-order chi connectivity index (χ1) is 11.5. The van der Waals surface area contributed by atoms with Crippen LogP contribution in [0.3, 0.4) is 0 Å². The zero-order valence-electron chi connectivity index (χ0n) is 14.9. The van der Waals surface area contributed by atoms with Crippen molar-refractivity contribution in [1.82, 2.24) is 5.32 Å². The molecule has 0 radical (unpaired) electrons. The standard InChI is InChI=1S/C20H31NO3/c1-14(22)21-20-10-16-7-17(11-20)9-19(8-16,13-20)18(23)24-12-15-5-3-2-4-6-15/h15-17H,2-13H2,1H3,(H,21,22)/t16-,17-,19?,20?/m1/s1. The normalized spacial score (nSPS) is 41.2. The summed E-state index contributed by atoms with van der Waals surface area (Å²) < 4.78 is 5.86. The smallest absolute Gasteiger partial charge is 0.312 e. The van der Waals surface area contributed by atoms with Gasteiger partial charge in [-0.3, -0.25) is 9.59 Å². The number of hydrogen-bond donors (Lipinski definition) is 1. The molecule has 0 unspecified atom stereocenters. The van der Waals surface area contributed by atoms with Crippen molar-refractivity contribution in [3.63, 3.8) is 0 Å². The van der Waals surface area contributed by atoms with E-state index in [4.69, 9.17) is 4.74 Å². The lowest BCUT2D eigenvalue weighted by Gasteiger charge is -2.60. The van der Waals surface area contributed by atoms with Gasteiger partial charge in [0.15, 0.2) is 0 Å². The molecule has 0 spiro atoms. The summed E-state index contributed by atoms with van der Waals surface area (Å²) in [5, 5.41) is 3.23. The molecule has 5 saturated carbocycles. The van der Waals surface area contributed by atoms with Crippen molar-refractivity contribution in [2.45, 2.75) is 83.1 Å². The fourth-order valence-electron chi connectivity index (χ4n) is 6.72. The Kier molecular flexibility index (Phi) is 4.12. The van der Waals surface area contributed by atoms with Crippen molar-refractivity contribution >= 4 is 11.9 Å². The lowest BCUT2D eigenvalue weighted by molar-refractivity contribution is -0.177. The van der Waals surface area contributed by atoms with Crippen molar-refractivity contribution in [1.29, 1.82) is 0 Å². The minimum absolute atomic E-state index is 0.0388. The third-order valence-electron chi connectivity index (χ3n) is 7.11. The van der Waals surface area contributed by atoms with Gasteiger partial charge in [-0.05, 0) is 69.1 Å². The molecule has 24 heavy (non-hydrogen) atoms. The molecule has 0 heterocycles. The van der Waals surface area contributed by atoms with Crippen LogP contribution in [-0.4, -0.2) is 24.0 Å². The number of rotatable bonds is 4. The minimum Gasteiger partial charge on any atom is -0.465 e. The number of ether oxygens (including phenoxy) is 1. The second kappa shape index (κ2) is 6.03. The van der Waals surface area contributed by atoms with E-state index in [1.807, 2.05) is 0 Å². The highest BCUT2D eigenvalue weighted by molar-refractivity contribution is 5.79. The van der Waals surface area contributed by atoms with Crippen LogP contribution in [0.1, 0.15) is 77.6 Å². The molecule has 0 aromatic carbocycles. The van der Waals surface area contributed by atoms with Crippen molar-refractivity contribution in [3.8, 4) is 0 Å². The van der Waals surface area contributed by atoms with E-state index in [1.165, 1.54) is 38.5 Å². The molecule has 2 atom stereocenters. The maximum atomic E-state index is 13.0. The number of carbonyl (C=O) groups excluding carboxylic acids is 2. The van der Waals surface area contributed by atoms with E-state index in [-0.39, 0.29) is 22.8 Å². The molecule has 5 fully saturated rings. The van der Waals surface area contributed by atoms with Crippen molar-refractivity contribution in [3.05, 3.63) is 0 Å². The van der Waals surface area contributed by atoms with Gasteiger partial charge in [0.1, 0.15) is 0 Å². The lowest BCUT2D eigenvalue weighted by atomic mass is 9.47. The maximum absolute atomic E-state index is 13.0. The van der Waals surface area contributed by atoms with Crippen LogP contribution in [0.2, 0.25) is 0 Å². The number of nitrogens with one attached hydrogen (secondary N) is 1. The largest absolute Gasteiger partial charge is 0.465 e. The van der Waals surface area contributed by atoms with E-state index >= 15 is 0 Å². The second-order valence-corrected chi connectivity index (χ2v) is 9.31. The van der Waals surface area contributed by atoms with Crippen LogP contribution in [0.15, 0.2) is 0 Å². The summed E-state index contributed by atoms with van der Waals surface area (Å²) >= 11 is 0. The zero-order valence-corrected chi connectivity index (χ0v) is 14.9. The van der Waals surface area contributed by atoms with Crippen LogP contribution in [0.5, 0.6) is 0 Å². The minimum atomic E-state index is -0.318. The van der Waals surface area contributed by atoms with E-state index in [9.17, 15) is 9.59 Å². The molecule has 1 N–H and O–H groups in total. The highest BCUT2D eigenvalue weighted by Crippen LogP contribution is 2.62. The van der Waals surface area contributed by atoms with Crippen LogP contribution in [0.4, 0.5) is 0 Å². The molecule has 134 valence electrons. The molecule has 0 aromatic rings. The van der Waals surface area contributed by atoms with Gasteiger partial charge in [0, 0.05) is 12.5 Å². The van der Waals surface area contributed by atoms with E-state index in [0.29, 0.717) is 24.4 Å². The number of amides is 1. The van der Waals surface area contributed by atoms with Gasteiger partial charge < -0.3 is 10.1 Å². The fraction of sp³-hybridized carbons (Fsp3) is 0.900. The number of hydrogen-bond acceptors (Lipinski definition) is 3. The van der Waals surface area contributed by atoms with E-state index in [1.54, 1.807) is 6.92 Å². The van der Waals surface area contributed by atoms with Crippen LogP contribution >= 0.6 is 0 Å². The summed E-state index contributed by atoms with van der Waals surface area (Å²) in [6, 6.07) is 0. The maximum Gasteiger partial charge on any atom is 0.312 e. The van der Waals surface area contributed by atoms with Gasteiger partial charge in [0.25, 0.3) is 0 Å². The van der Waals surface area contributed by atoms with Crippen molar-refractivity contribution in [2.75, 3.05) is 6.61 Å². The Morgan fingerprint density at radius 3 is 2.33 bits per heavy atom. The Bertz CT molecular complexity index is 509. The van der Waals surface area contributed by atoms with E-state index < -0.39 is 0 Å². The summed E-state index contributed by atoms with van der Waals surface area (Å²) in [7, 11) is 0. The van der Waals surface area contributed by atoms with E-state index in [2.05, 4.69) is 5.32 Å². The average Bonchev–Trinajstić information content (AvgIpc) is 2.51. The quantitative estimate of drug-likeness (QED) is 0.800. The molecule has 0 aliphatic heterocycles. The van der Waals surface area contributed by atoms with Crippen molar-refractivity contribution < 1.29 is 14.3 Å². The topological polar surface area (TPSA) is 55.4 Å². The van der Waals surface area contributed by atoms with Crippen LogP contribution < -0.4 is 5.32 Å². The lowest BCUT2D eigenvalue weighted by Crippen LogP contribution is -2.64. The average molecular weight is 333 g/mol. The Balaban J connectivity index is 1.45. The Hall–Kier alpha value is -1.06. The fourth-order valence-corrected chi connectivity index (χ4v) is 6.72. The summed E-state index contributed by atoms with van der Waals surface area (Å²) in [4.78, 5) is 24.7. The summed E-state index contributed by atoms with van der Waals surface area (Å²) in [5.74, 6) is 1.82. The third-order valence-corrected chi connectivity index (χ3v) is 7.11. The highest BCUT2D eigenvalue weighted by atomic mass is 16.5. The molecule has 0 aromatic heterocycles. The molecule has 4 bridgehead atoms. The molecule has 5 aliphatic rings. The first-order valence-corrected chi connectivity index (χ1v) is 9.95. The van der Waals surface area contributed by atoms with Gasteiger partial charge in [-0.15, -0.1) is 0 Å². The molecule has 5 aliphatic carbocycles. The summed E-state index contributed by atoms with van der Waals surface area (Å²) in [6.45, 7) is 2.22. The molecule has 4 heteroatoms. The van der Waals surface area contributed by atoms with Gasteiger partial charge in [-0.1, -0.05) is 19.3 Å². The van der Waals surface area contributed by atoms with E-state index in [0.717, 1.165) is 32.1 Å². The van der Waals surface area contributed by atoms with Crippen LogP contribution in [-0.2, 0) is 14.3 Å². The third kappa shape index (κ3) is 2.97. The molecular formula is C20H31NO3. The molecular weight excluding hydrogens is 302 g/mol. The van der Waals surface area contributed by atoms with Crippen LogP contribution in [0.25, 0.3) is 0 Å². The Morgan fingerprint density at radius 2 is 1.71 bits per heavy atom. The predicted molar refractivity (Wildman–Crippen MR) is 91.2 cm³/mol. The number of esters is 1. The second-order valence-electron chi connectivity index (χ2n) is 9.31. The van der Waals surface area contributed by atoms with Crippen molar-refractivity contribution in [2.24, 2.45) is 23.2 Å². The molecule has 1 amide bonds. The number of carbonyl (C=O) groups is 2. The van der Waals surface area contributed by atoms with Gasteiger partial charge in [0.05, 0.1) is 12.0 Å².